The first kappa shape index (κ1) is 17.8. The number of fused-ring (bicyclic) bond motifs is 3. The van der Waals surface area contributed by atoms with Crippen molar-refractivity contribution in [2.45, 2.75) is 19.4 Å². The Hall–Kier alpha value is -2.64. The zero-order chi connectivity index (χ0) is 19.0. The topological polar surface area (TPSA) is 73.9 Å². The van der Waals surface area contributed by atoms with Gasteiger partial charge in [-0.25, -0.2) is 4.98 Å². The van der Waals surface area contributed by atoms with E-state index in [1.807, 2.05) is 55.3 Å². The maximum absolute atomic E-state index is 12.9. The van der Waals surface area contributed by atoms with Crippen LogP contribution in [0.2, 0.25) is 5.02 Å². The average Bonchev–Trinajstić information content (AvgIpc) is 3.28. The second-order valence-electron chi connectivity index (χ2n) is 6.26. The average molecular weight is 400 g/mol. The molecule has 0 aliphatic carbocycles. The van der Waals surface area contributed by atoms with Crippen LogP contribution in [-0.4, -0.2) is 34.2 Å². The molecule has 0 aliphatic rings. The molecule has 2 N–H and O–H groups in total. The lowest BCUT2D eigenvalue weighted by Gasteiger charge is -2.28. The fourth-order valence-electron chi connectivity index (χ4n) is 3.14. The number of likely N-dealkylation sites (N-methyl/N-ethyl adjacent to an activating group) is 1. The predicted molar refractivity (Wildman–Crippen MR) is 112 cm³/mol. The van der Waals surface area contributed by atoms with Crippen molar-refractivity contribution < 1.29 is 4.79 Å². The Bertz CT molecular complexity index is 1100. The number of rotatable bonds is 5. The van der Waals surface area contributed by atoms with E-state index in [1.54, 1.807) is 6.20 Å². The molecule has 8 heteroatoms. The van der Waals surface area contributed by atoms with E-state index in [0.717, 1.165) is 26.8 Å². The number of aromatic nitrogens is 3. The standard InChI is InChI=1S/C19H18ClN5OS/c1-3-16(25(2)12-6-4-11(20)5-7-12)18(26)23-19-22-15-9-8-14-13(10-21-24-14)17(15)27-19/h4-10,16H,3H2,1-2H3,(H,21,24)(H,22,23,26). The molecule has 0 bridgehead atoms. The van der Waals surface area contributed by atoms with Crippen LogP contribution in [0.25, 0.3) is 21.1 Å². The number of anilines is 2. The van der Waals surface area contributed by atoms with Gasteiger partial charge in [0.05, 0.1) is 21.9 Å². The minimum absolute atomic E-state index is 0.0857. The van der Waals surface area contributed by atoms with Crippen molar-refractivity contribution >= 4 is 60.8 Å². The molecule has 1 atom stereocenters. The van der Waals surface area contributed by atoms with Crippen LogP contribution in [0.15, 0.2) is 42.6 Å². The number of amides is 1. The fourth-order valence-corrected chi connectivity index (χ4v) is 4.24. The fraction of sp³-hybridized carbons (Fsp3) is 0.211. The first-order chi connectivity index (χ1) is 13.1. The van der Waals surface area contributed by atoms with Crippen molar-refractivity contribution in [3.05, 3.63) is 47.6 Å². The van der Waals surface area contributed by atoms with Gasteiger partial charge in [0.2, 0.25) is 5.91 Å². The van der Waals surface area contributed by atoms with Gasteiger partial charge in [-0.05, 0) is 42.8 Å². The summed E-state index contributed by atoms with van der Waals surface area (Å²) in [6, 6.07) is 11.0. The van der Waals surface area contributed by atoms with Gasteiger partial charge in [-0.2, -0.15) is 5.10 Å². The van der Waals surface area contributed by atoms with Crippen molar-refractivity contribution in [1.82, 2.24) is 15.2 Å². The highest BCUT2D eigenvalue weighted by Gasteiger charge is 2.23. The first-order valence-electron chi connectivity index (χ1n) is 8.58. The molecule has 0 fully saturated rings. The minimum Gasteiger partial charge on any atom is -0.363 e. The zero-order valence-corrected chi connectivity index (χ0v) is 16.4. The Labute approximate surface area is 165 Å². The largest absolute Gasteiger partial charge is 0.363 e. The Morgan fingerprint density at radius 2 is 2.07 bits per heavy atom. The van der Waals surface area contributed by atoms with E-state index in [2.05, 4.69) is 20.5 Å². The molecular weight excluding hydrogens is 382 g/mol. The SMILES string of the molecule is CCC(C(=O)Nc1nc2ccc3[nH]ncc3c2s1)N(C)c1ccc(Cl)cc1. The van der Waals surface area contributed by atoms with Crippen LogP contribution in [-0.2, 0) is 4.79 Å². The molecule has 27 heavy (non-hydrogen) atoms. The third kappa shape index (κ3) is 3.36. The van der Waals surface area contributed by atoms with Gasteiger partial charge in [-0.1, -0.05) is 29.9 Å². The van der Waals surface area contributed by atoms with E-state index < -0.39 is 0 Å². The number of halogens is 1. The molecule has 0 spiro atoms. The molecule has 138 valence electrons. The number of nitrogens with zero attached hydrogens (tertiary/aromatic N) is 3. The second kappa shape index (κ2) is 7.17. The van der Waals surface area contributed by atoms with E-state index in [4.69, 9.17) is 11.6 Å². The smallest absolute Gasteiger partial charge is 0.248 e. The second-order valence-corrected chi connectivity index (χ2v) is 7.70. The van der Waals surface area contributed by atoms with Crippen LogP contribution in [0.1, 0.15) is 13.3 Å². The van der Waals surface area contributed by atoms with E-state index in [1.165, 1.54) is 11.3 Å². The van der Waals surface area contributed by atoms with Gasteiger partial charge in [0.15, 0.2) is 5.13 Å². The Morgan fingerprint density at radius 1 is 1.30 bits per heavy atom. The van der Waals surface area contributed by atoms with Crippen molar-refractivity contribution in [3.63, 3.8) is 0 Å². The Balaban J connectivity index is 1.58. The quantitative estimate of drug-likeness (QED) is 0.511. The summed E-state index contributed by atoms with van der Waals surface area (Å²) in [4.78, 5) is 19.4. The maximum atomic E-state index is 12.9. The summed E-state index contributed by atoms with van der Waals surface area (Å²) in [6.45, 7) is 1.99. The first-order valence-corrected chi connectivity index (χ1v) is 9.78. The van der Waals surface area contributed by atoms with E-state index >= 15 is 0 Å². The van der Waals surface area contributed by atoms with Crippen LogP contribution in [0.3, 0.4) is 0 Å². The molecule has 0 radical (unpaired) electrons. The summed E-state index contributed by atoms with van der Waals surface area (Å²) in [7, 11) is 1.91. The van der Waals surface area contributed by atoms with Gasteiger partial charge in [0.25, 0.3) is 0 Å². The van der Waals surface area contributed by atoms with Gasteiger partial charge in [0, 0.05) is 23.1 Å². The number of H-pyrrole nitrogens is 1. The molecule has 0 saturated carbocycles. The van der Waals surface area contributed by atoms with Crippen molar-refractivity contribution in [2.75, 3.05) is 17.3 Å². The summed E-state index contributed by atoms with van der Waals surface area (Å²) < 4.78 is 1.01. The van der Waals surface area contributed by atoms with E-state index in [9.17, 15) is 4.79 Å². The summed E-state index contributed by atoms with van der Waals surface area (Å²) in [6.07, 6.45) is 2.45. The molecule has 2 heterocycles. The molecule has 0 aliphatic heterocycles. The number of benzene rings is 2. The minimum atomic E-state index is -0.313. The van der Waals surface area contributed by atoms with Crippen molar-refractivity contribution in [2.24, 2.45) is 0 Å². The van der Waals surface area contributed by atoms with Gasteiger partial charge in [-0.3, -0.25) is 9.89 Å². The highest BCUT2D eigenvalue weighted by molar-refractivity contribution is 7.23. The Kier molecular flexibility index (Phi) is 4.72. The molecule has 2 aromatic carbocycles. The number of nitrogens with one attached hydrogen (secondary N) is 2. The van der Waals surface area contributed by atoms with Crippen LogP contribution < -0.4 is 10.2 Å². The van der Waals surface area contributed by atoms with Gasteiger partial charge in [0.1, 0.15) is 6.04 Å². The number of hydrogen-bond donors (Lipinski definition) is 2. The molecule has 4 aromatic rings. The molecular formula is C19H18ClN5OS. The lowest BCUT2D eigenvalue weighted by molar-refractivity contribution is -0.117. The molecule has 0 saturated heterocycles. The molecule has 1 amide bonds. The van der Waals surface area contributed by atoms with Gasteiger partial charge in [-0.15, -0.1) is 0 Å². The van der Waals surface area contributed by atoms with Gasteiger partial charge < -0.3 is 10.2 Å². The lowest BCUT2D eigenvalue weighted by Crippen LogP contribution is -2.41. The number of hydrogen-bond acceptors (Lipinski definition) is 5. The number of thiazole rings is 1. The van der Waals surface area contributed by atoms with E-state index in [0.29, 0.717) is 16.6 Å². The number of aromatic amines is 1. The van der Waals surface area contributed by atoms with Gasteiger partial charge >= 0.3 is 0 Å². The van der Waals surface area contributed by atoms with E-state index in [-0.39, 0.29) is 11.9 Å². The lowest BCUT2D eigenvalue weighted by atomic mass is 10.1. The summed E-state index contributed by atoms with van der Waals surface area (Å²) in [5, 5.41) is 12.3. The highest BCUT2D eigenvalue weighted by Crippen LogP contribution is 2.32. The normalized spacial score (nSPS) is 12.4. The molecule has 4 rings (SSSR count). The highest BCUT2D eigenvalue weighted by atomic mass is 35.5. The third-order valence-electron chi connectivity index (χ3n) is 4.60. The van der Waals surface area contributed by atoms with Crippen molar-refractivity contribution in [3.8, 4) is 0 Å². The predicted octanol–water partition coefficient (Wildman–Crippen LogP) is 4.68. The Morgan fingerprint density at radius 3 is 2.81 bits per heavy atom. The van der Waals surface area contributed by atoms with Crippen LogP contribution in [0.4, 0.5) is 10.8 Å². The summed E-state index contributed by atoms with van der Waals surface area (Å²) in [5.41, 5.74) is 2.74. The number of carbonyl (C=O) groups excluding carboxylic acids is 1. The van der Waals surface area contributed by atoms with Crippen LogP contribution >= 0.6 is 22.9 Å². The zero-order valence-electron chi connectivity index (χ0n) is 14.9. The van der Waals surface area contributed by atoms with Crippen LogP contribution in [0.5, 0.6) is 0 Å². The maximum Gasteiger partial charge on any atom is 0.248 e. The molecule has 1 unspecified atom stereocenters. The summed E-state index contributed by atoms with van der Waals surface area (Å²) in [5.74, 6) is -0.0857. The number of carbonyl (C=O) groups is 1. The molecule has 6 nitrogen and oxygen atoms in total. The molecule has 2 aromatic heterocycles. The monoisotopic (exact) mass is 399 g/mol. The third-order valence-corrected chi connectivity index (χ3v) is 5.87. The van der Waals surface area contributed by atoms with Crippen molar-refractivity contribution in [1.29, 1.82) is 0 Å². The summed E-state index contributed by atoms with van der Waals surface area (Å²) >= 11 is 7.42. The van der Waals surface area contributed by atoms with Crippen LogP contribution in [0, 0.1) is 0 Å².